The van der Waals surface area contributed by atoms with Gasteiger partial charge in [0.15, 0.2) is 0 Å². The summed E-state index contributed by atoms with van der Waals surface area (Å²) in [6.45, 7) is 0. The summed E-state index contributed by atoms with van der Waals surface area (Å²) in [4.78, 5) is 27.2. The maximum atomic E-state index is 12.5. The van der Waals surface area contributed by atoms with Gasteiger partial charge in [0.25, 0.3) is 11.8 Å². The third-order valence-electron chi connectivity index (χ3n) is 5.54. The lowest BCUT2D eigenvalue weighted by Gasteiger charge is -2.09. The first-order valence-electron chi connectivity index (χ1n) is 11.1. The Kier molecular flexibility index (Phi) is 8.29. The molecule has 35 heavy (non-hydrogen) atoms. The average Bonchev–Trinajstić information content (AvgIpc) is 2.91. The molecule has 0 fully saturated rings. The van der Waals surface area contributed by atoms with Gasteiger partial charge in [0, 0.05) is 32.3 Å². The van der Waals surface area contributed by atoms with Gasteiger partial charge in [0.1, 0.15) is 0 Å². The predicted molar refractivity (Wildman–Crippen MR) is 148 cm³/mol. The molecule has 4 aromatic carbocycles. The normalized spacial score (nSPS) is 10.6. The van der Waals surface area contributed by atoms with Gasteiger partial charge in [-0.25, -0.2) is 0 Å². The van der Waals surface area contributed by atoms with Crippen molar-refractivity contribution in [2.45, 2.75) is 16.2 Å². The Morgan fingerprint density at radius 3 is 1.20 bits per heavy atom. The van der Waals surface area contributed by atoms with E-state index in [9.17, 15) is 9.59 Å². The van der Waals surface area contributed by atoms with Gasteiger partial charge in [-0.3, -0.25) is 9.59 Å². The molecule has 0 aliphatic rings. The Balaban J connectivity index is 1.31. The zero-order valence-corrected chi connectivity index (χ0v) is 21.2. The lowest BCUT2D eigenvalue weighted by atomic mass is 10.0. The Hall–Kier alpha value is -3.48. The molecular weight excluding hydrogens is 472 g/mol. The minimum Gasteiger partial charge on any atom is -0.322 e. The van der Waals surface area contributed by atoms with Gasteiger partial charge < -0.3 is 10.6 Å². The van der Waals surface area contributed by atoms with Crippen molar-refractivity contribution in [2.75, 3.05) is 23.1 Å². The van der Waals surface area contributed by atoms with Gasteiger partial charge in [0.05, 0.1) is 0 Å². The Morgan fingerprint density at radius 1 is 0.543 bits per heavy atom. The molecule has 0 unspecified atom stereocenters. The number of anilines is 2. The fourth-order valence-corrected chi connectivity index (χ4v) is 4.36. The molecule has 4 nitrogen and oxygen atoms in total. The number of benzene rings is 4. The molecule has 0 radical (unpaired) electrons. The van der Waals surface area contributed by atoms with Crippen molar-refractivity contribution in [2.24, 2.45) is 0 Å². The summed E-state index contributed by atoms with van der Waals surface area (Å²) in [5.74, 6) is -0.244. The van der Waals surface area contributed by atoms with Crippen molar-refractivity contribution in [1.82, 2.24) is 0 Å². The molecule has 0 spiro atoms. The largest absolute Gasteiger partial charge is 0.322 e. The third-order valence-corrected chi connectivity index (χ3v) is 7.02. The Labute approximate surface area is 214 Å². The zero-order valence-electron chi connectivity index (χ0n) is 19.6. The second-order valence-electron chi connectivity index (χ2n) is 7.94. The van der Waals surface area contributed by atoms with Crippen LogP contribution in [0.2, 0.25) is 0 Å². The molecule has 6 heteroatoms. The second-order valence-corrected chi connectivity index (χ2v) is 9.70. The zero-order chi connectivity index (χ0) is 24.6. The molecule has 0 heterocycles. The minimum absolute atomic E-state index is 0.122. The van der Waals surface area contributed by atoms with Crippen LogP contribution in [0.4, 0.5) is 11.4 Å². The Morgan fingerprint density at radius 2 is 0.886 bits per heavy atom. The highest BCUT2D eigenvalue weighted by Gasteiger charge is 2.08. The van der Waals surface area contributed by atoms with E-state index in [-0.39, 0.29) is 11.8 Å². The van der Waals surface area contributed by atoms with Crippen LogP contribution in [0, 0.1) is 0 Å². The monoisotopic (exact) mass is 498 g/mol. The van der Waals surface area contributed by atoms with Gasteiger partial charge in [-0.1, -0.05) is 24.3 Å². The summed E-state index contributed by atoms with van der Waals surface area (Å²) >= 11 is 3.30. The summed E-state index contributed by atoms with van der Waals surface area (Å²) in [7, 11) is 0. The third kappa shape index (κ3) is 6.78. The average molecular weight is 499 g/mol. The summed E-state index contributed by atoms with van der Waals surface area (Å²) in [6, 6.07) is 30.9. The molecule has 2 N–H and O–H groups in total. The summed E-state index contributed by atoms with van der Waals surface area (Å²) in [6.07, 6.45) is 4.78. The van der Waals surface area contributed by atoms with Gasteiger partial charge >= 0.3 is 0 Å². The highest BCUT2D eigenvalue weighted by atomic mass is 32.2. The van der Waals surface area contributed by atoms with Gasteiger partial charge in [-0.2, -0.15) is 0 Å². The number of carbonyl (C=O) groups is 2. The van der Waals surface area contributed by atoms with Crippen LogP contribution < -0.4 is 10.6 Å². The van der Waals surface area contributed by atoms with Crippen molar-refractivity contribution in [3.05, 3.63) is 119 Å². The number of hydrogen-bond donors (Lipinski definition) is 2. The fourth-order valence-electron chi connectivity index (χ4n) is 3.54. The molecule has 0 aromatic heterocycles. The summed E-state index contributed by atoms with van der Waals surface area (Å²) in [5.41, 5.74) is 5.07. The van der Waals surface area contributed by atoms with Gasteiger partial charge in [-0.05, 0) is 103 Å². The molecule has 0 aliphatic heterocycles. The van der Waals surface area contributed by atoms with Crippen LogP contribution in [0.5, 0.6) is 0 Å². The first kappa shape index (κ1) is 24.6. The van der Waals surface area contributed by atoms with Crippen molar-refractivity contribution >= 4 is 46.7 Å². The van der Waals surface area contributed by atoms with Crippen LogP contribution in [-0.2, 0) is 6.42 Å². The molecule has 2 amide bonds. The molecule has 176 valence electrons. The highest BCUT2D eigenvalue weighted by molar-refractivity contribution is 7.98. The van der Waals surface area contributed by atoms with E-state index >= 15 is 0 Å². The molecule has 0 bridgehead atoms. The lowest BCUT2D eigenvalue weighted by Crippen LogP contribution is -2.11. The number of thioether (sulfide) groups is 2. The standard InChI is InChI=1S/C29H26N2O2S2/c1-34-26-15-7-22(8-16-26)28(32)30-24-11-3-20(4-12-24)19-21-5-13-25(14-6-21)31-29(33)23-9-17-27(35-2)18-10-23/h3-18H,19H2,1-2H3,(H,30,32)(H,31,33). The molecule has 0 atom stereocenters. The smallest absolute Gasteiger partial charge is 0.255 e. The van der Waals surface area contributed by atoms with E-state index in [0.29, 0.717) is 11.1 Å². The van der Waals surface area contributed by atoms with E-state index < -0.39 is 0 Å². The van der Waals surface area contributed by atoms with Crippen LogP contribution in [0.15, 0.2) is 107 Å². The first-order chi connectivity index (χ1) is 17.0. The molecule has 0 saturated heterocycles. The van der Waals surface area contributed by atoms with Crippen molar-refractivity contribution in [3.8, 4) is 0 Å². The van der Waals surface area contributed by atoms with Crippen LogP contribution in [0.3, 0.4) is 0 Å². The SMILES string of the molecule is CSc1ccc(C(=O)Nc2ccc(Cc3ccc(NC(=O)c4ccc(SC)cc4)cc3)cc2)cc1. The van der Waals surface area contributed by atoms with E-state index in [1.165, 1.54) is 0 Å². The van der Waals surface area contributed by atoms with Crippen LogP contribution in [0.1, 0.15) is 31.8 Å². The molecule has 0 saturated carbocycles. The highest BCUT2D eigenvalue weighted by Crippen LogP contribution is 2.19. The fraction of sp³-hybridized carbons (Fsp3) is 0.103. The first-order valence-corrected chi connectivity index (χ1v) is 13.6. The van der Waals surface area contributed by atoms with Gasteiger partial charge in [-0.15, -0.1) is 23.5 Å². The number of amides is 2. The quantitative estimate of drug-likeness (QED) is 0.252. The molecular formula is C29H26N2O2S2. The van der Waals surface area contributed by atoms with E-state index in [2.05, 4.69) is 10.6 Å². The lowest BCUT2D eigenvalue weighted by molar-refractivity contribution is 0.101. The maximum Gasteiger partial charge on any atom is 0.255 e. The van der Waals surface area contributed by atoms with Crippen LogP contribution >= 0.6 is 23.5 Å². The number of nitrogens with one attached hydrogen (secondary N) is 2. The molecule has 0 aliphatic carbocycles. The van der Waals surface area contributed by atoms with E-state index in [0.717, 1.165) is 38.7 Å². The number of rotatable bonds is 8. The summed E-state index contributed by atoms with van der Waals surface area (Å²) < 4.78 is 0. The number of carbonyl (C=O) groups excluding carboxylic acids is 2. The summed E-state index contributed by atoms with van der Waals surface area (Å²) in [5, 5.41) is 5.89. The predicted octanol–water partition coefficient (Wildman–Crippen LogP) is 7.23. The van der Waals surface area contributed by atoms with Crippen LogP contribution in [-0.4, -0.2) is 24.3 Å². The van der Waals surface area contributed by atoms with E-state index in [4.69, 9.17) is 0 Å². The van der Waals surface area contributed by atoms with Crippen molar-refractivity contribution < 1.29 is 9.59 Å². The van der Waals surface area contributed by atoms with E-state index in [1.807, 2.05) is 110 Å². The minimum atomic E-state index is -0.122. The van der Waals surface area contributed by atoms with Crippen LogP contribution in [0.25, 0.3) is 0 Å². The van der Waals surface area contributed by atoms with E-state index in [1.54, 1.807) is 23.5 Å². The van der Waals surface area contributed by atoms with Crippen molar-refractivity contribution in [1.29, 1.82) is 0 Å². The van der Waals surface area contributed by atoms with Gasteiger partial charge in [0.2, 0.25) is 0 Å². The topological polar surface area (TPSA) is 58.2 Å². The van der Waals surface area contributed by atoms with Crippen molar-refractivity contribution in [3.63, 3.8) is 0 Å². The molecule has 4 rings (SSSR count). The Bertz CT molecular complexity index is 1180. The number of hydrogen-bond acceptors (Lipinski definition) is 4. The maximum absolute atomic E-state index is 12.5. The second kappa shape index (κ2) is 11.8. The molecule has 4 aromatic rings.